The second-order valence-corrected chi connectivity index (χ2v) is 36.6. The number of thioether (sulfide) groups is 5. The van der Waals surface area contributed by atoms with Gasteiger partial charge in [-0.25, -0.2) is 0 Å². The number of nitrogen functional groups attached to an aromatic ring is 5. The van der Waals surface area contributed by atoms with Crippen molar-refractivity contribution < 1.29 is 117 Å². The Morgan fingerprint density at radius 3 is 1.08 bits per heavy atom. The average Bonchev–Trinajstić information content (AvgIpc) is 1.58. The lowest BCUT2D eigenvalue weighted by atomic mass is 9.93. The molecule has 0 spiro atoms. The fourth-order valence-corrected chi connectivity index (χ4v) is 20.2. The molecule has 133 heavy (non-hydrogen) atoms. The summed E-state index contributed by atoms with van der Waals surface area (Å²) in [6, 6.07) is -0.507. The number of unbranched alkanes of at least 4 members (excludes halogenated alkanes) is 3. The molecule has 10 aliphatic rings. The van der Waals surface area contributed by atoms with Crippen LogP contribution in [0.2, 0.25) is 0 Å². The maximum absolute atomic E-state index is 12.3. The van der Waals surface area contributed by atoms with Crippen molar-refractivity contribution in [1.29, 1.82) is 0 Å². The molecule has 49 nitrogen and oxygen atoms in total. The molecule has 1 aliphatic carbocycles. The van der Waals surface area contributed by atoms with Crippen molar-refractivity contribution in [3.8, 4) is 0 Å². The molecule has 0 unspecified atom stereocenters. The number of nitrogens with one attached hydrogen (secondary N) is 5. The molecule has 20 atom stereocenters. The van der Waals surface area contributed by atoms with Gasteiger partial charge in [-0.15, -0.1) is 0 Å². The zero-order valence-electron chi connectivity index (χ0n) is 73.6. The number of aromatic amines is 5. The molecule has 0 aromatic carbocycles. The first-order valence-electron chi connectivity index (χ1n) is 41.7. The number of aliphatic hydroxyl groups excluding tert-OH is 7. The smallest absolute Gasteiger partial charge is 0.303 e. The van der Waals surface area contributed by atoms with Crippen LogP contribution in [0.5, 0.6) is 0 Å². The van der Waals surface area contributed by atoms with Crippen molar-refractivity contribution in [1.82, 2.24) is 49.8 Å². The third-order valence-electron chi connectivity index (χ3n) is 21.6. The maximum Gasteiger partial charge on any atom is 0.303 e. The first-order chi connectivity index (χ1) is 63.0. The van der Waals surface area contributed by atoms with Crippen LogP contribution < -0.4 is 81.0 Å². The van der Waals surface area contributed by atoms with Gasteiger partial charge >= 0.3 is 29.8 Å². The van der Waals surface area contributed by atoms with Crippen LogP contribution in [0.25, 0.3) is 0 Å². The molecule has 0 bridgehead atoms. The number of H-pyrrole nitrogens is 5. The molecule has 9 aliphatic heterocycles. The predicted molar refractivity (Wildman–Crippen MR) is 484 cm³/mol. The van der Waals surface area contributed by atoms with Gasteiger partial charge in [-0.1, -0.05) is 132 Å². The highest BCUT2D eigenvalue weighted by atomic mass is 32.2. The number of hydrogen-bond acceptors (Lipinski definition) is 49. The van der Waals surface area contributed by atoms with E-state index < -0.39 is 163 Å². The van der Waals surface area contributed by atoms with Crippen LogP contribution in [0.3, 0.4) is 0 Å². The molecule has 5 aromatic heterocycles. The Morgan fingerprint density at radius 1 is 0.421 bits per heavy atom. The third-order valence-corrected chi connectivity index (χ3v) is 26.7. The highest BCUT2D eigenvalue weighted by Gasteiger charge is 2.63. The second kappa shape index (κ2) is 44.4. The minimum absolute atomic E-state index is 0.0224. The number of esters is 5. The first-order valence-corrected chi connectivity index (χ1v) is 45.7. The average molecular weight is 1960 g/mol. The van der Waals surface area contributed by atoms with Gasteiger partial charge in [0.05, 0.1) is 50.5 Å². The lowest BCUT2D eigenvalue weighted by Gasteiger charge is -2.35. The molecule has 0 amide bonds. The van der Waals surface area contributed by atoms with Crippen LogP contribution in [0.15, 0.2) is 106 Å². The van der Waals surface area contributed by atoms with E-state index in [-0.39, 0.29) is 108 Å². The minimum Gasteiger partial charge on any atom is -0.463 e. The summed E-state index contributed by atoms with van der Waals surface area (Å²) in [5.74, 6) is -2.34. The van der Waals surface area contributed by atoms with Crippen molar-refractivity contribution in [3.63, 3.8) is 0 Å². The topological polar surface area (TPSA) is 713 Å². The van der Waals surface area contributed by atoms with Crippen LogP contribution >= 0.6 is 58.8 Å². The van der Waals surface area contributed by atoms with E-state index >= 15 is 0 Å². The van der Waals surface area contributed by atoms with E-state index in [4.69, 9.17) is 85.5 Å². The van der Waals surface area contributed by atoms with Gasteiger partial charge in [0, 0.05) is 67.0 Å². The van der Waals surface area contributed by atoms with Crippen LogP contribution in [-0.4, -0.2) is 284 Å². The van der Waals surface area contributed by atoms with Crippen LogP contribution in [0.1, 0.15) is 107 Å². The van der Waals surface area contributed by atoms with E-state index in [2.05, 4.69) is 82.7 Å². The zero-order chi connectivity index (χ0) is 97.4. The summed E-state index contributed by atoms with van der Waals surface area (Å²) >= 11 is 5.55. The SMILES string of the molecule is C=C1Sc2c(nc(N)[nH]c2=O)N1[C@@H]1C[C@H](CO)[C@@H](O)[C@H]1O.C=C1Sc2c(nc(N)[nH]c2=O)N1[C@@H]1O[C@H](CO)[C@H](OCCCC)[C@H]1O.C=C1Sc2c(nc(N)[nH]c2=O)N1[C@@H]1O[C@H](CO)[C@H](OCCCC)[C@H]1O.C=C1Sc2c(nc(N)[nH]c2=O)N1[C@@H]1O[C@H](COC(C)=O)[C@](C)(OC(C)=O)[C@H]1OC(C)=O.C=C1Sc2c(nc(N)[nH]c2=O)N1[C@H]1O[C@H](COC(C)=O)[C@H](OCCCC)[C@H]1OC(C)=O. The summed E-state index contributed by atoms with van der Waals surface area (Å²) in [7, 11) is 0. The summed E-state index contributed by atoms with van der Waals surface area (Å²) in [5, 5.41) is 72.2. The number of nitrogens with zero attached hydrogens (tertiary/aromatic N) is 10. The molecule has 22 N–H and O–H groups in total. The van der Waals surface area contributed by atoms with E-state index in [1.54, 1.807) is 9.80 Å². The van der Waals surface area contributed by atoms with Crippen molar-refractivity contribution in [2.75, 3.05) is 106 Å². The summed E-state index contributed by atoms with van der Waals surface area (Å²) in [6.45, 7) is 33.5. The van der Waals surface area contributed by atoms with Gasteiger partial charge in [0.25, 0.3) is 27.8 Å². The highest BCUT2D eigenvalue weighted by Crippen LogP contribution is 2.53. The number of carbonyl (C=O) groups is 5. The number of fused-ring (bicyclic) bond motifs is 5. The maximum atomic E-state index is 12.3. The molecule has 54 heteroatoms. The van der Waals surface area contributed by atoms with Crippen molar-refractivity contribution in [2.45, 2.75) is 248 Å². The lowest BCUT2D eigenvalue weighted by Crippen LogP contribution is -2.54. The number of aromatic nitrogens is 10. The Bertz CT molecular complexity index is 5400. The Hall–Kier alpha value is -10.4. The normalized spacial score (nSPS) is 27.9. The molecular formula is C79H108N20O29S5. The zero-order valence-corrected chi connectivity index (χ0v) is 77.7. The number of carbonyl (C=O) groups excluding carboxylic acids is 5. The standard InChI is InChI=1S/C19H26N4O7S.C18H22N4O8S.2C15H22N4O5S.C12H16N4O4S/c1-5-6-7-27-13-12(8-28-10(3)24)30-18(14(13)29-11(4)25)23-9(2)31-15-16(23)21-19(20)22-17(15)26;1-7-22(14-12(31-7)15(26)21-17(19)20-14)16-13(28-9(3)24)18(5,30-10(4)25)11(29-16)6-27-8(2)23;2*1-3-4-5-23-10-8(6-20)24-14(9(10)21)19-7(2)25-11-12(19)17-15(16)18-13(11)22;1-4-16(6-2-5(3-17)7(18)8(6)19)10-9(21-4)11(20)15-12(13)14-10/h12-14,18H,2,5-8H2,1,3-4H3,(H3,20,21,22,26);11,13,16H,1,6H2,2-5H3,(H3,19,20,21,26);2*8-10,14,20-21H,2-6H2,1H3,(H3,16,17,18,22);5-8,17-19H,1-3H2,(H3,13,14,15,20)/t12-,13+,14-,18+;11-,13+,16-,18+;2*8-,9-,10+,14-;5-,6-,7-,8+/m11111/s1. The molecule has 14 heterocycles. The Labute approximate surface area is 779 Å². The Balaban J connectivity index is 0.000000161. The van der Waals surface area contributed by atoms with Gasteiger partial charge in [-0.05, 0) is 32.6 Å². The summed E-state index contributed by atoms with van der Waals surface area (Å²) in [4.78, 5) is 161. The van der Waals surface area contributed by atoms with Crippen molar-refractivity contribution in [3.05, 3.63) is 110 Å². The summed E-state index contributed by atoms with van der Waals surface area (Å²) < 4.78 is 68.0. The monoisotopic (exact) mass is 1960 g/mol. The van der Waals surface area contributed by atoms with E-state index in [1.807, 2.05) is 20.8 Å². The molecule has 0 radical (unpaired) electrons. The van der Waals surface area contributed by atoms with Gasteiger partial charge in [-0.3, -0.25) is 92.5 Å². The fourth-order valence-electron chi connectivity index (χ4n) is 15.6. The van der Waals surface area contributed by atoms with Gasteiger partial charge < -0.3 is 126 Å². The predicted octanol–water partition coefficient (Wildman–Crippen LogP) is 0.253. The van der Waals surface area contributed by atoms with E-state index in [0.29, 0.717) is 76.8 Å². The second-order valence-electron chi connectivity index (χ2n) is 31.2. The van der Waals surface area contributed by atoms with Gasteiger partial charge in [0.1, 0.15) is 98.7 Å². The largest absolute Gasteiger partial charge is 0.463 e. The van der Waals surface area contributed by atoms with E-state index in [0.717, 1.165) is 97.3 Å². The number of hydrogen-bond donors (Lipinski definition) is 17. The number of aliphatic hydroxyl groups is 7. The lowest BCUT2D eigenvalue weighted by molar-refractivity contribution is -0.183. The molecule has 4 saturated heterocycles. The summed E-state index contributed by atoms with van der Waals surface area (Å²) in [5.41, 5.74) is 24.7. The Kier molecular flexibility index (Phi) is 34.4. The highest BCUT2D eigenvalue weighted by molar-refractivity contribution is 8.04. The van der Waals surface area contributed by atoms with Crippen molar-refractivity contribution in [2.24, 2.45) is 5.92 Å². The van der Waals surface area contributed by atoms with E-state index in [1.165, 1.54) is 56.2 Å². The van der Waals surface area contributed by atoms with E-state index in [9.17, 15) is 83.7 Å². The van der Waals surface area contributed by atoms with Crippen LogP contribution in [0.4, 0.5) is 58.8 Å². The number of rotatable bonds is 27. The Morgan fingerprint density at radius 2 is 0.752 bits per heavy atom. The third kappa shape index (κ3) is 22.6. The minimum atomic E-state index is -1.53. The number of ether oxygens (including phenoxy) is 12. The molecular weight excluding hydrogens is 1850 g/mol. The van der Waals surface area contributed by atoms with Crippen LogP contribution in [0, 0.1) is 5.92 Å². The van der Waals surface area contributed by atoms with Gasteiger partial charge in [-0.2, -0.15) is 24.9 Å². The van der Waals surface area contributed by atoms with Gasteiger partial charge in [0.15, 0.2) is 71.8 Å². The molecule has 728 valence electrons. The number of nitrogens with two attached hydrogens (primary N) is 5. The van der Waals surface area contributed by atoms with Crippen LogP contribution in [-0.2, 0) is 80.8 Å². The number of anilines is 10. The molecule has 5 aromatic rings. The quantitative estimate of drug-likeness (QED) is 0.0190. The molecule has 1 saturated carbocycles. The van der Waals surface area contributed by atoms with Crippen molar-refractivity contribution >= 4 is 147 Å². The first kappa shape index (κ1) is 103. The molecule has 5 fully saturated rings. The molecule has 15 rings (SSSR count). The fraction of sp³-hybridized carbons (Fsp3) is 0.557. The summed E-state index contributed by atoms with van der Waals surface area (Å²) in [6.07, 6.45) is -9.50. The van der Waals surface area contributed by atoms with Gasteiger partial charge in [0.2, 0.25) is 29.7 Å².